The fourth-order valence-electron chi connectivity index (χ4n) is 3.32. The van der Waals surface area contributed by atoms with Crippen LogP contribution in [0.1, 0.15) is 37.0 Å². The third-order valence-electron chi connectivity index (χ3n) is 5.04. The Labute approximate surface area is 195 Å². The monoisotopic (exact) mass is 483 g/mol. The molecule has 0 unspecified atom stereocenters. The van der Waals surface area contributed by atoms with Crippen LogP contribution in [0.25, 0.3) is 16.6 Å². The van der Waals surface area contributed by atoms with Crippen LogP contribution in [0.5, 0.6) is 5.75 Å². The van der Waals surface area contributed by atoms with Gasteiger partial charge in [0.1, 0.15) is 5.69 Å². The van der Waals surface area contributed by atoms with Crippen molar-refractivity contribution in [2.75, 3.05) is 7.11 Å². The minimum Gasteiger partial charge on any atom is -0.494 e. The summed E-state index contributed by atoms with van der Waals surface area (Å²) >= 11 is 0. The first-order valence-electron chi connectivity index (χ1n) is 10.2. The number of carbonyl (C=O) groups is 1. The predicted molar refractivity (Wildman–Crippen MR) is 123 cm³/mol. The molecule has 4 rings (SSSR count). The zero-order valence-corrected chi connectivity index (χ0v) is 19.7. The maximum absolute atomic E-state index is 13.4. The summed E-state index contributed by atoms with van der Waals surface area (Å²) < 4.78 is 47.9. The first-order chi connectivity index (χ1) is 16.0. The van der Waals surface area contributed by atoms with Crippen LogP contribution in [-0.2, 0) is 15.4 Å². The molecule has 1 amide bonds. The lowest BCUT2D eigenvalue weighted by atomic mass is 9.92. The van der Waals surface area contributed by atoms with Crippen LogP contribution >= 0.6 is 0 Å². The number of carbonyl (C=O) groups excluding carboxylic acids is 1. The summed E-state index contributed by atoms with van der Waals surface area (Å²) in [6.07, 6.45) is 1.46. The Morgan fingerprint density at radius 3 is 2.47 bits per heavy atom. The Kier molecular flexibility index (Phi) is 5.82. The van der Waals surface area contributed by atoms with E-state index < -0.39 is 27.3 Å². The van der Waals surface area contributed by atoms with Gasteiger partial charge in [0.2, 0.25) is 11.0 Å². The molecule has 0 atom stereocenters. The van der Waals surface area contributed by atoms with E-state index in [1.54, 1.807) is 30.3 Å². The molecule has 9 nitrogen and oxygen atoms in total. The molecule has 34 heavy (non-hydrogen) atoms. The maximum Gasteiger partial charge on any atom is 0.285 e. The fourth-order valence-corrected chi connectivity index (χ4v) is 4.40. The van der Waals surface area contributed by atoms with E-state index in [1.165, 1.54) is 36.2 Å². The number of rotatable bonds is 5. The van der Waals surface area contributed by atoms with Crippen LogP contribution in [-0.4, -0.2) is 41.2 Å². The second-order valence-corrected chi connectivity index (χ2v) is 10.1. The molecule has 1 N–H and O–H groups in total. The van der Waals surface area contributed by atoms with Crippen LogP contribution < -0.4 is 9.46 Å². The first kappa shape index (κ1) is 23.3. The third-order valence-corrected chi connectivity index (χ3v) is 6.30. The Bertz CT molecular complexity index is 1510. The van der Waals surface area contributed by atoms with Gasteiger partial charge in [-0.15, -0.1) is 5.10 Å². The molecule has 0 aliphatic rings. The summed E-state index contributed by atoms with van der Waals surface area (Å²) in [5.41, 5.74) is 0.944. The van der Waals surface area contributed by atoms with E-state index in [1.807, 2.05) is 25.5 Å². The molecule has 176 valence electrons. The van der Waals surface area contributed by atoms with Gasteiger partial charge in [0.25, 0.3) is 15.9 Å². The Morgan fingerprint density at radius 2 is 1.82 bits per heavy atom. The fraction of sp³-hybridized carbons (Fsp3) is 0.217. The van der Waals surface area contributed by atoms with Crippen molar-refractivity contribution >= 4 is 26.8 Å². The van der Waals surface area contributed by atoms with E-state index in [4.69, 9.17) is 4.74 Å². The van der Waals surface area contributed by atoms with E-state index >= 15 is 0 Å². The van der Waals surface area contributed by atoms with Crippen molar-refractivity contribution in [1.29, 1.82) is 0 Å². The molecule has 11 heteroatoms. The smallest absolute Gasteiger partial charge is 0.285 e. The van der Waals surface area contributed by atoms with Gasteiger partial charge in [0.05, 0.1) is 18.3 Å². The highest BCUT2D eigenvalue weighted by Gasteiger charge is 2.28. The molecule has 3 aromatic heterocycles. The van der Waals surface area contributed by atoms with Crippen LogP contribution in [0.4, 0.5) is 4.39 Å². The number of methoxy groups -OCH3 is 1. The molecule has 3 heterocycles. The van der Waals surface area contributed by atoms with Gasteiger partial charge < -0.3 is 4.74 Å². The highest BCUT2D eigenvalue weighted by atomic mass is 32.2. The van der Waals surface area contributed by atoms with Crippen molar-refractivity contribution in [1.82, 2.24) is 24.5 Å². The quantitative estimate of drug-likeness (QED) is 0.463. The van der Waals surface area contributed by atoms with Crippen molar-refractivity contribution in [2.24, 2.45) is 0 Å². The molecule has 0 aliphatic carbocycles. The summed E-state index contributed by atoms with van der Waals surface area (Å²) in [5, 5.41) is 3.97. The number of nitrogens with one attached hydrogen (secondary N) is 1. The Balaban J connectivity index is 1.68. The number of ether oxygens (including phenoxy) is 1. The van der Waals surface area contributed by atoms with E-state index in [0.717, 1.165) is 0 Å². The zero-order valence-electron chi connectivity index (χ0n) is 18.9. The molecule has 0 bridgehead atoms. The van der Waals surface area contributed by atoms with Crippen molar-refractivity contribution in [2.45, 2.75) is 31.2 Å². The number of hydrogen-bond donors (Lipinski definition) is 1. The van der Waals surface area contributed by atoms with Crippen molar-refractivity contribution in [3.63, 3.8) is 0 Å². The summed E-state index contributed by atoms with van der Waals surface area (Å²) in [4.78, 5) is 21.4. The van der Waals surface area contributed by atoms with Crippen LogP contribution in [0.2, 0.25) is 0 Å². The van der Waals surface area contributed by atoms with Gasteiger partial charge in [-0.2, -0.15) is 12.8 Å². The highest BCUT2D eigenvalue weighted by Crippen LogP contribution is 2.28. The van der Waals surface area contributed by atoms with E-state index in [2.05, 4.69) is 15.1 Å². The molecule has 4 aromatic rings. The van der Waals surface area contributed by atoms with Crippen molar-refractivity contribution in [3.8, 4) is 11.4 Å². The SMILES string of the molecule is COc1ccc(C(C)(C)C)nc1S(=O)(=O)NC(=O)c1ccc2c(-n3ccc(F)n3)cccc2n1. The minimum atomic E-state index is -4.37. The Morgan fingerprint density at radius 1 is 1.06 bits per heavy atom. The summed E-state index contributed by atoms with van der Waals surface area (Å²) in [5.74, 6) is -1.55. The first-order valence-corrected chi connectivity index (χ1v) is 11.7. The molecule has 0 aliphatic heterocycles. The number of pyridine rings is 2. The zero-order chi connectivity index (χ0) is 24.7. The normalized spacial score (nSPS) is 12.0. The van der Waals surface area contributed by atoms with Gasteiger partial charge in [-0.3, -0.25) is 4.79 Å². The topological polar surface area (TPSA) is 116 Å². The molecule has 0 fully saturated rings. The highest BCUT2D eigenvalue weighted by molar-refractivity contribution is 7.90. The molecule has 0 radical (unpaired) electrons. The summed E-state index contributed by atoms with van der Waals surface area (Å²) in [6.45, 7) is 5.67. The van der Waals surface area contributed by atoms with Crippen LogP contribution in [0.15, 0.2) is 59.8 Å². The average molecular weight is 484 g/mol. The molecular formula is C23H22FN5O4S. The number of nitrogens with zero attached hydrogens (tertiary/aromatic N) is 4. The molecule has 0 saturated carbocycles. The molecule has 0 spiro atoms. The number of benzene rings is 1. The van der Waals surface area contributed by atoms with Crippen molar-refractivity contribution < 1.29 is 22.3 Å². The van der Waals surface area contributed by atoms with Gasteiger partial charge in [0, 0.05) is 28.8 Å². The average Bonchev–Trinajstić information content (AvgIpc) is 3.23. The number of halogens is 1. The number of amides is 1. The summed E-state index contributed by atoms with van der Waals surface area (Å²) in [6, 6.07) is 12.4. The minimum absolute atomic E-state index is 0.0101. The lowest BCUT2D eigenvalue weighted by Gasteiger charge is -2.19. The van der Waals surface area contributed by atoms with Gasteiger partial charge in [-0.25, -0.2) is 19.4 Å². The standard InChI is InChI=1S/C23H22FN5O4S/c1-23(2,3)19-11-10-18(33-4)22(26-19)34(31,32)28-21(30)16-9-8-14-15(25-16)6-5-7-17(14)29-13-12-20(24)27-29/h5-13H,1-4H3,(H,28,30). The van der Waals surface area contributed by atoms with E-state index in [9.17, 15) is 17.6 Å². The lowest BCUT2D eigenvalue weighted by Crippen LogP contribution is -2.32. The van der Waals surface area contributed by atoms with Crippen LogP contribution in [0, 0.1) is 5.95 Å². The maximum atomic E-state index is 13.4. The predicted octanol–water partition coefficient (Wildman–Crippen LogP) is 3.38. The molecular weight excluding hydrogens is 461 g/mol. The second-order valence-electron chi connectivity index (χ2n) is 8.51. The van der Waals surface area contributed by atoms with E-state index in [0.29, 0.717) is 22.3 Å². The second kappa shape index (κ2) is 8.49. The van der Waals surface area contributed by atoms with Gasteiger partial charge >= 0.3 is 0 Å². The lowest BCUT2D eigenvalue weighted by molar-refractivity contribution is 0.0977. The Hall–Kier alpha value is -3.86. The third kappa shape index (κ3) is 4.46. The van der Waals surface area contributed by atoms with Gasteiger partial charge in [0.15, 0.2) is 5.75 Å². The van der Waals surface area contributed by atoms with Crippen LogP contribution in [0.3, 0.4) is 0 Å². The molecule has 0 saturated heterocycles. The largest absolute Gasteiger partial charge is 0.494 e. The number of sulfonamides is 1. The van der Waals surface area contributed by atoms with Gasteiger partial charge in [-0.1, -0.05) is 26.8 Å². The summed E-state index contributed by atoms with van der Waals surface area (Å²) in [7, 11) is -3.04. The number of hydrogen-bond acceptors (Lipinski definition) is 7. The number of fused-ring (bicyclic) bond motifs is 1. The van der Waals surface area contributed by atoms with Gasteiger partial charge in [-0.05, 0) is 36.4 Å². The van der Waals surface area contributed by atoms with Crippen molar-refractivity contribution in [3.05, 3.63) is 72.1 Å². The molecule has 1 aromatic carbocycles. The number of aromatic nitrogens is 4. The van der Waals surface area contributed by atoms with E-state index in [-0.39, 0.29) is 16.5 Å².